The highest BCUT2D eigenvalue weighted by Crippen LogP contribution is 2.35. The summed E-state index contributed by atoms with van der Waals surface area (Å²) in [7, 11) is 3.01. The molecule has 4 rings (SSSR count). The first kappa shape index (κ1) is 24.1. The van der Waals surface area contributed by atoms with E-state index in [-0.39, 0.29) is 23.4 Å². The van der Waals surface area contributed by atoms with Crippen molar-refractivity contribution in [3.05, 3.63) is 93.9 Å². The van der Waals surface area contributed by atoms with Crippen LogP contribution in [0.15, 0.2) is 71.6 Å². The van der Waals surface area contributed by atoms with E-state index in [2.05, 4.69) is 0 Å². The number of rotatable bonds is 7. The predicted molar refractivity (Wildman–Crippen MR) is 134 cm³/mol. The number of carbonyl (C=O) groups excluding carboxylic acids is 3. The average molecular weight is 490 g/mol. The molecule has 3 aromatic carbocycles. The van der Waals surface area contributed by atoms with Crippen LogP contribution in [0.5, 0.6) is 17.2 Å². The van der Waals surface area contributed by atoms with Gasteiger partial charge in [0.1, 0.15) is 5.75 Å². The maximum atomic E-state index is 13.0. The number of methoxy groups -OCH3 is 2. The lowest BCUT2D eigenvalue weighted by molar-refractivity contribution is -0.123. The van der Waals surface area contributed by atoms with Crippen LogP contribution in [0.4, 0.5) is 4.79 Å². The number of nitrogens with zero attached hydrogens (tertiary/aromatic N) is 1. The minimum absolute atomic E-state index is 0.196. The zero-order valence-electron chi connectivity index (χ0n) is 19.4. The molecule has 1 aliphatic rings. The minimum Gasteiger partial charge on any atom is -0.497 e. The van der Waals surface area contributed by atoms with Gasteiger partial charge in [0, 0.05) is 0 Å². The molecule has 7 nitrogen and oxygen atoms in total. The van der Waals surface area contributed by atoms with Crippen LogP contribution in [0.3, 0.4) is 0 Å². The monoisotopic (exact) mass is 489 g/mol. The summed E-state index contributed by atoms with van der Waals surface area (Å²) in [5, 5.41) is -0.329. The molecule has 1 fully saturated rings. The summed E-state index contributed by atoms with van der Waals surface area (Å²) >= 11 is 0.879. The molecule has 0 unspecified atom stereocenters. The summed E-state index contributed by atoms with van der Waals surface area (Å²) in [6.07, 6.45) is 1.60. The molecule has 2 amide bonds. The first-order chi connectivity index (χ1) is 16.9. The Morgan fingerprint density at radius 2 is 1.69 bits per heavy atom. The molecule has 0 bridgehead atoms. The summed E-state index contributed by atoms with van der Waals surface area (Å²) in [5.41, 5.74) is 2.85. The van der Waals surface area contributed by atoms with Crippen molar-refractivity contribution in [3.63, 3.8) is 0 Å². The summed E-state index contributed by atoms with van der Waals surface area (Å²) in [5.74, 6) is 0.243. The second kappa shape index (κ2) is 10.5. The molecule has 1 heterocycles. The van der Waals surface area contributed by atoms with Crippen LogP contribution in [-0.2, 0) is 11.3 Å². The van der Waals surface area contributed by atoms with Crippen molar-refractivity contribution >= 4 is 35.0 Å². The minimum atomic E-state index is -0.568. The molecule has 0 aromatic heterocycles. The molecule has 0 N–H and O–H groups in total. The molecule has 35 heavy (non-hydrogen) atoms. The number of thioether (sulfide) groups is 1. The largest absolute Gasteiger partial charge is 0.497 e. The summed E-state index contributed by atoms with van der Waals surface area (Å²) < 4.78 is 16.0. The number of amides is 2. The van der Waals surface area contributed by atoms with Gasteiger partial charge in [-0.05, 0) is 77.9 Å². The smallest absolute Gasteiger partial charge is 0.343 e. The number of hydrogen-bond donors (Lipinski definition) is 0. The Kier molecular flexibility index (Phi) is 7.22. The molecular weight excluding hydrogens is 466 g/mol. The van der Waals surface area contributed by atoms with Gasteiger partial charge in [0.25, 0.3) is 11.1 Å². The molecule has 3 aromatic rings. The van der Waals surface area contributed by atoms with Gasteiger partial charge in [0.15, 0.2) is 11.5 Å². The lowest BCUT2D eigenvalue weighted by Crippen LogP contribution is -2.27. The SMILES string of the molecule is COc1ccc(C(=O)Oc2cc(/C=C3\SC(=O)N(Cc4ccccc4C)C3=O)ccc2OC)cc1. The lowest BCUT2D eigenvalue weighted by Gasteiger charge is -2.14. The standard InChI is InChI=1S/C27H23NO6S/c1-17-6-4-5-7-20(17)16-28-25(29)24(35-27(28)31)15-18-8-13-22(33-3)23(14-18)34-26(30)19-9-11-21(32-2)12-10-19/h4-15H,16H2,1-3H3/b24-15-. The number of esters is 1. The van der Waals surface area contributed by atoms with E-state index < -0.39 is 5.97 Å². The molecule has 0 saturated carbocycles. The molecule has 0 radical (unpaired) electrons. The maximum Gasteiger partial charge on any atom is 0.343 e. The highest BCUT2D eigenvalue weighted by molar-refractivity contribution is 8.18. The van der Waals surface area contributed by atoms with Gasteiger partial charge < -0.3 is 14.2 Å². The Hall–Kier alpha value is -4.04. The zero-order chi connectivity index (χ0) is 24.9. The van der Waals surface area contributed by atoms with Crippen LogP contribution >= 0.6 is 11.8 Å². The van der Waals surface area contributed by atoms with E-state index in [4.69, 9.17) is 14.2 Å². The van der Waals surface area contributed by atoms with Gasteiger partial charge in [0.2, 0.25) is 0 Å². The summed E-state index contributed by atoms with van der Waals surface area (Å²) in [6, 6.07) is 19.1. The van der Waals surface area contributed by atoms with Crippen molar-refractivity contribution in [3.8, 4) is 17.2 Å². The molecule has 178 valence electrons. The van der Waals surface area contributed by atoms with Crippen LogP contribution in [0.2, 0.25) is 0 Å². The van der Waals surface area contributed by atoms with E-state index in [1.165, 1.54) is 12.0 Å². The first-order valence-corrected chi connectivity index (χ1v) is 11.6. The quantitative estimate of drug-likeness (QED) is 0.247. The van der Waals surface area contributed by atoms with E-state index in [9.17, 15) is 14.4 Å². The van der Waals surface area contributed by atoms with E-state index in [0.29, 0.717) is 27.5 Å². The van der Waals surface area contributed by atoms with Gasteiger partial charge in [-0.15, -0.1) is 0 Å². The average Bonchev–Trinajstić information content (AvgIpc) is 3.12. The number of ether oxygens (including phenoxy) is 3. The Bertz CT molecular complexity index is 1320. The van der Waals surface area contributed by atoms with Gasteiger partial charge in [-0.25, -0.2) is 4.79 Å². The molecule has 1 saturated heterocycles. The van der Waals surface area contributed by atoms with Crippen LogP contribution in [-0.4, -0.2) is 36.2 Å². The molecule has 1 aliphatic heterocycles. The zero-order valence-corrected chi connectivity index (χ0v) is 20.3. The van der Waals surface area contributed by atoms with Crippen molar-refractivity contribution in [2.75, 3.05) is 14.2 Å². The lowest BCUT2D eigenvalue weighted by atomic mass is 10.1. The second-order valence-electron chi connectivity index (χ2n) is 7.72. The fourth-order valence-electron chi connectivity index (χ4n) is 3.49. The molecule has 0 spiro atoms. The van der Waals surface area contributed by atoms with Crippen molar-refractivity contribution in [2.45, 2.75) is 13.5 Å². The second-order valence-corrected chi connectivity index (χ2v) is 8.72. The molecule has 0 atom stereocenters. The van der Waals surface area contributed by atoms with Crippen molar-refractivity contribution in [2.24, 2.45) is 0 Å². The summed E-state index contributed by atoms with van der Waals surface area (Å²) in [4.78, 5) is 39.7. The number of carbonyl (C=O) groups is 3. The maximum absolute atomic E-state index is 13.0. The Morgan fingerprint density at radius 3 is 2.37 bits per heavy atom. The normalized spacial score (nSPS) is 14.4. The van der Waals surface area contributed by atoms with E-state index in [0.717, 1.165) is 22.9 Å². The van der Waals surface area contributed by atoms with Crippen molar-refractivity contribution in [1.29, 1.82) is 0 Å². The Morgan fingerprint density at radius 1 is 0.943 bits per heavy atom. The van der Waals surface area contributed by atoms with Gasteiger partial charge in [-0.1, -0.05) is 30.3 Å². The predicted octanol–water partition coefficient (Wildman–Crippen LogP) is 5.47. The topological polar surface area (TPSA) is 82.1 Å². The number of benzene rings is 3. The van der Waals surface area contributed by atoms with E-state index in [1.807, 2.05) is 31.2 Å². The third-order valence-electron chi connectivity index (χ3n) is 5.48. The van der Waals surface area contributed by atoms with Crippen LogP contribution in [0, 0.1) is 6.92 Å². The molecular formula is C27H23NO6S. The van der Waals surface area contributed by atoms with Gasteiger partial charge in [0.05, 0.1) is 31.2 Å². The fraction of sp³-hybridized carbons (Fsp3) is 0.148. The van der Waals surface area contributed by atoms with Crippen LogP contribution in [0.25, 0.3) is 6.08 Å². The highest BCUT2D eigenvalue weighted by Gasteiger charge is 2.35. The van der Waals surface area contributed by atoms with Gasteiger partial charge in [-0.2, -0.15) is 0 Å². The fourth-order valence-corrected chi connectivity index (χ4v) is 4.33. The van der Waals surface area contributed by atoms with Crippen molar-refractivity contribution < 1.29 is 28.6 Å². The third kappa shape index (κ3) is 5.38. The molecule has 8 heteroatoms. The summed E-state index contributed by atoms with van der Waals surface area (Å²) in [6.45, 7) is 2.15. The van der Waals surface area contributed by atoms with Gasteiger partial charge >= 0.3 is 5.97 Å². The van der Waals surface area contributed by atoms with Crippen LogP contribution < -0.4 is 14.2 Å². The number of aryl methyl sites for hydroxylation is 1. The van der Waals surface area contributed by atoms with Crippen LogP contribution in [0.1, 0.15) is 27.0 Å². The Balaban J connectivity index is 1.55. The van der Waals surface area contributed by atoms with Gasteiger partial charge in [-0.3, -0.25) is 14.5 Å². The van der Waals surface area contributed by atoms with Crippen molar-refractivity contribution in [1.82, 2.24) is 4.90 Å². The van der Waals surface area contributed by atoms with E-state index in [1.54, 1.807) is 55.7 Å². The Labute approximate surface area is 207 Å². The third-order valence-corrected chi connectivity index (χ3v) is 6.38. The van der Waals surface area contributed by atoms with E-state index >= 15 is 0 Å². The number of hydrogen-bond acceptors (Lipinski definition) is 7. The first-order valence-electron chi connectivity index (χ1n) is 10.7. The highest BCUT2D eigenvalue weighted by atomic mass is 32.2. The number of imide groups is 1. The molecule has 0 aliphatic carbocycles.